The summed E-state index contributed by atoms with van der Waals surface area (Å²) in [7, 11) is 0. The standard InChI is InChI=1S/C62H93N13O18S2/c1-30(2)47(72-55(85)42(27-76)69-51(81)37(63)28-94)57(87)66-38(20-22-45(64)78)52(82)68-41(26-35-16-18-36(77)19-17-35)61(91)75-24-12-15-44(75)56(86)67-40(25-34-13-10-9-11-14-34)54(84)65-39(21-23-46(79)80)53(83)71-49(32(5)6)59(89)74-50(33(7)8)60(90)73-48(31(3)4)58(88)70-43(29-95)62(92)93/h9-11,13-14,16-19,30-33,37-44,47-50,76-77,94-95H,12,15,20-29,63H2,1-8H3,(H2,64,78)(H,65,84)(H,66,87)(H,67,86)(H,68,82)(H,69,81)(H,70,88)(H,71,83)(H,72,85)(H,73,90)(H,74,89)(H,79,80)(H,92,93)/t37-,38-,39-,40-,41-,42-,43-,44-,47-,48-,49-,50-/m0/s1. The quantitative estimate of drug-likeness (QED) is 0.0297. The minimum atomic E-state index is -1.68. The first-order chi connectivity index (χ1) is 44.6. The van der Waals surface area contributed by atoms with Crippen LogP contribution in [-0.2, 0) is 80.0 Å². The summed E-state index contributed by atoms with van der Waals surface area (Å²) in [6.07, 6.45) is -2.34. The summed E-state index contributed by atoms with van der Waals surface area (Å²) in [4.78, 5) is 191. The molecule has 526 valence electrons. The van der Waals surface area contributed by atoms with Crippen LogP contribution < -0.4 is 64.6 Å². The molecule has 1 saturated heterocycles. The second kappa shape index (κ2) is 39.3. The van der Waals surface area contributed by atoms with Gasteiger partial charge in [-0.05, 0) is 72.6 Å². The molecular formula is C62H93N13O18S2. The fourth-order valence-electron chi connectivity index (χ4n) is 9.93. The van der Waals surface area contributed by atoms with E-state index in [1.165, 1.54) is 29.2 Å². The number of carbonyl (C=O) groups excluding carboxylic acids is 12. The summed E-state index contributed by atoms with van der Waals surface area (Å²) < 4.78 is 0. The predicted molar refractivity (Wildman–Crippen MR) is 351 cm³/mol. The highest BCUT2D eigenvalue weighted by molar-refractivity contribution is 7.80. The van der Waals surface area contributed by atoms with Crippen LogP contribution in [-0.4, -0.2) is 205 Å². The third-order valence-electron chi connectivity index (χ3n) is 15.5. The van der Waals surface area contributed by atoms with Crippen molar-refractivity contribution in [3.63, 3.8) is 0 Å². The van der Waals surface area contributed by atoms with Crippen LogP contribution in [0.5, 0.6) is 5.75 Å². The molecule has 1 aliphatic rings. The van der Waals surface area contributed by atoms with E-state index in [0.717, 1.165) is 0 Å². The number of aliphatic carboxylic acids is 2. The van der Waals surface area contributed by atoms with E-state index in [4.69, 9.17) is 11.5 Å². The Morgan fingerprint density at radius 3 is 1.35 bits per heavy atom. The number of primary amides is 1. The van der Waals surface area contributed by atoms with E-state index >= 15 is 4.79 Å². The summed E-state index contributed by atoms with van der Waals surface area (Å²) in [5, 5.41) is 64.5. The van der Waals surface area contributed by atoms with E-state index in [-0.39, 0.29) is 49.5 Å². The Labute approximate surface area is 561 Å². The summed E-state index contributed by atoms with van der Waals surface area (Å²) in [6, 6.07) is -3.32. The van der Waals surface area contributed by atoms with Gasteiger partial charge in [-0.25, -0.2) is 4.79 Å². The van der Waals surface area contributed by atoms with Gasteiger partial charge in [-0.3, -0.25) is 62.3 Å². The minimum absolute atomic E-state index is 0.0262. The van der Waals surface area contributed by atoms with Gasteiger partial charge in [-0.2, -0.15) is 25.3 Å². The number of carbonyl (C=O) groups is 14. The highest BCUT2D eigenvalue weighted by Crippen LogP contribution is 2.22. The Morgan fingerprint density at radius 2 is 0.895 bits per heavy atom. The molecule has 1 aliphatic heterocycles. The number of aliphatic hydroxyl groups is 1. The molecule has 3 rings (SSSR count). The van der Waals surface area contributed by atoms with Crippen molar-refractivity contribution in [3.8, 4) is 5.75 Å². The summed E-state index contributed by atoms with van der Waals surface area (Å²) in [5.74, 6) is -16.7. The number of thiol groups is 2. The van der Waals surface area contributed by atoms with Crippen molar-refractivity contribution in [2.45, 2.75) is 179 Å². The lowest BCUT2D eigenvalue weighted by Gasteiger charge is -2.32. The molecular weight excluding hydrogens is 1280 g/mol. The zero-order chi connectivity index (χ0) is 71.6. The average Bonchev–Trinajstić information content (AvgIpc) is 1.77. The van der Waals surface area contributed by atoms with Gasteiger partial charge >= 0.3 is 11.9 Å². The SMILES string of the molecule is CC(C)[C@H](NC(=O)[C@H](CO)NC(=O)[C@@H](N)CS)C(=O)N[C@@H](CCC(N)=O)C(=O)N[C@@H](Cc1ccc(O)cc1)C(=O)N1CCC[C@H]1C(=O)N[C@@H](Cc1ccccc1)C(=O)N[C@@H](CCC(=O)O)C(=O)N[C@H](C(=O)N[C@H](C(=O)N[C@H](C(=O)N[C@@H](CS)C(=O)O)C(C)C)C(C)C)C(C)C. The molecule has 1 fully saturated rings. The molecule has 2 aromatic carbocycles. The number of rotatable bonds is 39. The number of benzene rings is 2. The zero-order valence-corrected chi connectivity index (χ0v) is 56.2. The van der Waals surface area contributed by atoms with Gasteiger partial charge in [0.05, 0.1) is 12.6 Å². The van der Waals surface area contributed by atoms with Crippen molar-refractivity contribution < 1.29 is 87.5 Å². The summed E-state index contributed by atoms with van der Waals surface area (Å²) >= 11 is 7.94. The predicted octanol–water partition coefficient (Wildman–Crippen LogP) is -2.97. The minimum Gasteiger partial charge on any atom is -0.508 e. The maximum Gasteiger partial charge on any atom is 0.327 e. The zero-order valence-electron chi connectivity index (χ0n) is 54.4. The fraction of sp³-hybridized carbons (Fsp3) is 0.581. The molecule has 0 unspecified atom stereocenters. The van der Waals surface area contributed by atoms with Crippen molar-refractivity contribution in [1.29, 1.82) is 0 Å². The Bertz CT molecular complexity index is 3020. The van der Waals surface area contributed by atoms with Gasteiger partial charge in [0, 0.05) is 43.7 Å². The van der Waals surface area contributed by atoms with Crippen LogP contribution >= 0.6 is 25.3 Å². The lowest BCUT2D eigenvalue weighted by Crippen LogP contribution is -2.62. The largest absolute Gasteiger partial charge is 0.508 e. The van der Waals surface area contributed by atoms with Crippen molar-refractivity contribution >= 4 is 108 Å². The Morgan fingerprint density at radius 1 is 0.495 bits per heavy atom. The van der Waals surface area contributed by atoms with E-state index in [2.05, 4.69) is 78.4 Å². The van der Waals surface area contributed by atoms with Gasteiger partial charge in [-0.1, -0.05) is 97.9 Å². The van der Waals surface area contributed by atoms with E-state index in [0.29, 0.717) is 11.1 Å². The second-order valence-electron chi connectivity index (χ2n) is 24.5. The van der Waals surface area contributed by atoms with Gasteiger partial charge in [0.25, 0.3) is 0 Å². The number of amides is 12. The molecule has 0 bridgehead atoms. The van der Waals surface area contributed by atoms with Gasteiger partial charge in [0.2, 0.25) is 70.9 Å². The van der Waals surface area contributed by atoms with Gasteiger partial charge in [0.1, 0.15) is 72.2 Å². The Hall–Kier alpha value is -8.56. The van der Waals surface area contributed by atoms with Crippen molar-refractivity contribution in [2.24, 2.45) is 35.1 Å². The Balaban J connectivity index is 1.98. The van der Waals surface area contributed by atoms with E-state index < -0.39 is 211 Å². The van der Waals surface area contributed by atoms with E-state index in [1.54, 1.807) is 85.7 Å². The molecule has 0 aromatic heterocycles. The molecule has 0 aliphatic carbocycles. The molecule has 0 radical (unpaired) electrons. The molecule has 1 heterocycles. The maximum atomic E-state index is 15.0. The van der Waals surface area contributed by atoms with E-state index in [9.17, 15) is 82.8 Å². The lowest BCUT2D eigenvalue weighted by molar-refractivity contribution is -0.142. The smallest absolute Gasteiger partial charge is 0.327 e. The van der Waals surface area contributed by atoms with Crippen LogP contribution in [0.25, 0.3) is 0 Å². The molecule has 18 N–H and O–H groups in total. The third kappa shape index (κ3) is 25.9. The molecule has 12 amide bonds. The first-order valence-corrected chi connectivity index (χ1v) is 32.4. The number of hydrogen-bond donors (Lipinski definition) is 18. The Kier molecular flexibility index (Phi) is 33.4. The fourth-order valence-corrected chi connectivity index (χ4v) is 10.3. The number of likely N-dealkylation sites (tertiary alicyclic amines) is 1. The third-order valence-corrected chi connectivity index (χ3v) is 16.2. The summed E-state index contributed by atoms with van der Waals surface area (Å²) in [5.41, 5.74) is 12.1. The van der Waals surface area contributed by atoms with Gasteiger partial charge < -0.3 is 90.0 Å². The van der Waals surface area contributed by atoms with Crippen LogP contribution in [0.15, 0.2) is 54.6 Å². The summed E-state index contributed by atoms with van der Waals surface area (Å²) in [6.45, 7) is 11.7. The average molecular weight is 1370 g/mol. The number of nitrogens with zero attached hydrogens (tertiary/aromatic N) is 1. The van der Waals surface area contributed by atoms with Crippen molar-refractivity contribution in [3.05, 3.63) is 65.7 Å². The molecule has 33 heteroatoms. The normalized spacial score (nSPS) is 16.4. The molecule has 31 nitrogen and oxygen atoms in total. The number of hydrogen-bond acceptors (Lipinski definition) is 19. The number of carboxylic acids is 2. The highest BCUT2D eigenvalue weighted by atomic mass is 32.1. The van der Waals surface area contributed by atoms with Crippen molar-refractivity contribution in [1.82, 2.24) is 58.1 Å². The molecule has 0 saturated carbocycles. The van der Waals surface area contributed by atoms with Crippen LogP contribution in [0.1, 0.15) is 105 Å². The number of carboxylic acid groups (broad SMARTS) is 2. The number of phenols is 1. The van der Waals surface area contributed by atoms with Crippen molar-refractivity contribution in [2.75, 3.05) is 24.7 Å². The van der Waals surface area contributed by atoms with Crippen LogP contribution in [0, 0.1) is 23.7 Å². The number of phenolic OH excluding ortho intramolecular Hbond substituents is 1. The maximum absolute atomic E-state index is 15.0. The molecule has 0 spiro atoms. The van der Waals surface area contributed by atoms with Gasteiger partial charge in [-0.15, -0.1) is 0 Å². The second-order valence-corrected chi connectivity index (χ2v) is 25.2. The first kappa shape index (κ1) is 80.7. The van der Waals surface area contributed by atoms with E-state index in [1.807, 2.05) is 0 Å². The van der Waals surface area contributed by atoms with Gasteiger partial charge in [0.15, 0.2) is 0 Å². The molecule has 12 atom stereocenters. The highest BCUT2D eigenvalue weighted by Gasteiger charge is 2.42. The number of nitrogens with two attached hydrogens (primary N) is 2. The number of aromatic hydroxyl groups is 1. The number of aliphatic hydroxyl groups excluding tert-OH is 1. The lowest BCUT2D eigenvalue weighted by atomic mass is 9.97. The molecule has 95 heavy (non-hydrogen) atoms. The first-order valence-electron chi connectivity index (χ1n) is 31.1. The van der Waals surface area contributed by atoms with Crippen LogP contribution in [0.3, 0.4) is 0 Å². The topological polar surface area (TPSA) is 495 Å². The van der Waals surface area contributed by atoms with Crippen LogP contribution in [0.4, 0.5) is 0 Å². The van der Waals surface area contributed by atoms with Crippen LogP contribution in [0.2, 0.25) is 0 Å². The number of nitrogens with one attached hydrogen (secondary N) is 10. The molecule has 2 aromatic rings. The monoisotopic (exact) mass is 1370 g/mol.